The topological polar surface area (TPSA) is 58.2 Å². The monoisotopic (exact) mass is 318 g/mol. The molecule has 0 aromatic heterocycles. The van der Waals surface area contributed by atoms with Crippen molar-refractivity contribution in [1.82, 2.24) is 5.32 Å². The average Bonchev–Trinajstić information content (AvgIpc) is 2.49. The van der Waals surface area contributed by atoms with Crippen LogP contribution in [0.15, 0.2) is 42.5 Å². The normalized spacial score (nSPS) is 11.7. The minimum Gasteiger partial charge on any atom is -0.346 e. The molecule has 2 N–H and O–H groups in total. The molecule has 2 aromatic carbocycles. The van der Waals surface area contributed by atoms with Crippen molar-refractivity contribution in [2.24, 2.45) is 0 Å². The number of benzene rings is 2. The molecule has 0 fully saturated rings. The maximum atomic E-state index is 13.2. The number of anilines is 1. The van der Waals surface area contributed by atoms with Gasteiger partial charge in [-0.05, 0) is 42.8 Å². The smallest absolute Gasteiger partial charge is 0.251 e. The summed E-state index contributed by atoms with van der Waals surface area (Å²) in [5.41, 5.74) is 1.42. The Morgan fingerprint density at radius 1 is 1.04 bits per heavy atom. The first-order valence-electron chi connectivity index (χ1n) is 7.00. The van der Waals surface area contributed by atoms with Crippen LogP contribution in [0.3, 0.4) is 0 Å². The van der Waals surface area contributed by atoms with Gasteiger partial charge in [0, 0.05) is 18.2 Å². The molecule has 2 rings (SSSR count). The summed E-state index contributed by atoms with van der Waals surface area (Å²) >= 11 is 0. The van der Waals surface area contributed by atoms with E-state index in [1.54, 1.807) is 31.2 Å². The number of hydrogen-bond acceptors (Lipinski definition) is 2. The fourth-order valence-electron chi connectivity index (χ4n) is 2.09. The Morgan fingerprint density at radius 3 is 2.43 bits per heavy atom. The number of amides is 2. The van der Waals surface area contributed by atoms with Crippen molar-refractivity contribution in [3.63, 3.8) is 0 Å². The van der Waals surface area contributed by atoms with Gasteiger partial charge in [0.05, 0.1) is 6.04 Å². The Balaban J connectivity index is 2.11. The van der Waals surface area contributed by atoms with Crippen molar-refractivity contribution in [2.75, 3.05) is 5.32 Å². The van der Waals surface area contributed by atoms with Gasteiger partial charge in [0.25, 0.3) is 5.91 Å². The zero-order chi connectivity index (χ0) is 17.0. The third-order valence-corrected chi connectivity index (χ3v) is 3.24. The fraction of sp³-hybridized carbons (Fsp3) is 0.176. The molecule has 2 aromatic rings. The van der Waals surface area contributed by atoms with Gasteiger partial charge in [-0.2, -0.15) is 0 Å². The van der Waals surface area contributed by atoms with Crippen molar-refractivity contribution in [2.45, 2.75) is 19.9 Å². The highest BCUT2D eigenvalue weighted by Crippen LogP contribution is 2.18. The molecule has 0 unspecified atom stereocenters. The van der Waals surface area contributed by atoms with Crippen molar-refractivity contribution in [3.8, 4) is 0 Å². The van der Waals surface area contributed by atoms with E-state index in [0.717, 1.165) is 17.7 Å². The summed E-state index contributed by atoms with van der Waals surface area (Å²) in [6, 6.07) is 9.62. The molecule has 0 aliphatic carbocycles. The van der Waals surface area contributed by atoms with Crippen LogP contribution in [0.2, 0.25) is 0 Å². The molecule has 120 valence electrons. The Labute approximate surface area is 132 Å². The predicted octanol–water partition coefficient (Wildman–Crippen LogP) is 3.41. The first-order valence-corrected chi connectivity index (χ1v) is 7.00. The minimum absolute atomic E-state index is 0.0359. The number of carbonyl (C=O) groups excluding carboxylic acids is 2. The van der Waals surface area contributed by atoms with Crippen LogP contribution < -0.4 is 10.6 Å². The van der Waals surface area contributed by atoms with E-state index in [1.165, 1.54) is 13.0 Å². The summed E-state index contributed by atoms with van der Waals surface area (Å²) < 4.78 is 26.1. The van der Waals surface area contributed by atoms with Crippen LogP contribution in [-0.4, -0.2) is 11.8 Å². The van der Waals surface area contributed by atoms with E-state index in [-0.39, 0.29) is 17.5 Å². The van der Waals surface area contributed by atoms with Crippen molar-refractivity contribution in [1.29, 1.82) is 0 Å². The lowest BCUT2D eigenvalue weighted by molar-refractivity contribution is -0.114. The second-order valence-corrected chi connectivity index (χ2v) is 5.13. The van der Waals surface area contributed by atoms with E-state index in [1.807, 2.05) is 0 Å². The molecule has 4 nitrogen and oxygen atoms in total. The highest BCUT2D eigenvalue weighted by Gasteiger charge is 2.14. The standard InChI is InChI=1S/C17H16F2N2O2/c1-10(12-4-3-5-14(8-12)21-11(2)22)20-17(23)13-6-7-15(18)16(19)9-13/h3-10H,1-2H3,(H,20,23)(H,21,22)/t10-/m1/s1. The zero-order valence-corrected chi connectivity index (χ0v) is 12.7. The quantitative estimate of drug-likeness (QED) is 0.907. The van der Waals surface area contributed by atoms with Crippen LogP contribution in [-0.2, 0) is 4.79 Å². The highest BCUT2D eigenvalue weighted by atomic mass is 19.2. The number of hydrogen-bond donors (Lipinski definition) is 2. The Hall–Kier alpha value is -2.76. The van der Waals surface area contributed by atoms with Gasteiger partial charge in [-0.1, -0.05) is 12.1 Å². The van der Waals surface area contributed by atoms with Crippen molar-refractivity contribution < 1.29 is 18.4 Å². The summed E-state index contributed by atoms with van der Waals surface area (Å²) in [4.78, 5) is 23.2. The summed E-state index contributed by atoms with van der Waals surface area (Å²) in [6.45, 7) is 3.16. The molecule has 0 saturated heterocycles. The Kier molecular flexibility index (Phi) is 5.05. The average molecular weight is 318 g/mol. The van der Waals surface area contributed by atoms with Gasteiger partial charge in [0.15, 0.2) is 11.6 Å². The maximum Gasteiger partial charge on any atom is 0.251 e. The second kappa shape index (κ2) is 7.00. The van der Waals surface area contributed by atoms with Gasteiger partial charge in [0.2, 0.25) is 5.91 Å². The van der Waals surface area contributed by atoms with Gasteiger partial charge in [-0.15, -0.1) is 0 Å². The van der Waals surface area contributed by atoms with Crippen LogP contribution >= 0.6 is 0 Å². The van der Waals surface area contributed by atoms with Gasteiger partial charge < -0.3 is 10.6 Å². The molecular formula is C17H16F2N2O2. The molecule has 23 heavy (non-hydrogen) atoms. The molecule has 0 spiro atoms. The highest BCUT2D eigenvalue weighted by molar-refractivity contribution is 5.94. The van der Waals surface area contributed by atoms with E-state index < -0.39 is 17.5 Å². The van der Waals surface area contributed by atoms with E-state index in [4.69, 9.17) is 0 Å². The van der Waals surface area contributed by atoms with Gasteiger partial charge in [0.1, 0.15) is 0 Å². The zero-order valence-electron chi connectivity index (χ0n) is 12.7. The van der Waals surface area contributed by atoms with E-state index in [2.05, 4.69) is 10.6 Å². The van der Waals surface area contributed by atoms with Crippen LogP contribution in [0.4, 0.5) is 14.5 Å². The van der Waals surface area contributed by atoms with Crippen LogP contribution in [0.1, 0.15) is 35.8 Å². The largest absolute Gasteiger partial charge is 0.346 e. The molecule has 0 saturated carbocycles. The molecule has 6 heteroatoms. The first-order chi connectivity index (χ1) is 10.9. The third kappa shape index (κ3) is 4.35. The van der Waals surface area contributed by atoms with Crippen LogP contribution in [0.5, 0.6) is 0 Å². The summed E-state index contributed by atoms with van der Waals surface area (Å²) in [5.74, 6) is -2.78. The van der Waals surface area contributed by atoms with Crippen molar-refractivity contribution in [3.05, 3.63) is 65.2 Å². The molecule has 0 aliphatic rings. The summed E-state index contributed by atoms with van der Waals surface area (Å²) in [5, 5.41) is 5.35. The van der Waals surface area contributed by atoms with E-state index in [0.29, 0.717) is 5.69 Å². The second-order valence-electron chi connectivity index (χ2n) is 5.13. The molecule has 0 aliphatic heterocycles. The summed E-state index contributed by atoms with van der Waals surface area (Å²) in [6.07, 6.45) is 0. The lowest BCUT2D eigenvalue weighted by atomic mass is 10.1. The number of nitrogens with one attached hydrogen (secondary N) is 2. The maximum absolute atomic E-state index is 13.2. The predicted molar refractivity (Wildman–Crippen MR) is 83.0 cm³/mol. The number of halogens is 2. The SMILES string of the molecule is CC(=O)Nc1cccc([C@@H](C)NC(=O)c2ccc(F)c(F)c2)c1. The van der Waals surface area contributed by atoms with E-state index in [9.17, 15) is 18.4 Å². The molecule has 0 heterocycles. The van der Waals surface area contributed by atoms with Crippen LogP contribution in [0.25, 0.3) is 0 Å². The number of carbonyl (C=O) groups is 2. The van der Waals surface area contributed by atoms with E-state index >= 15 is 0 Å². The molecule has 0 radical (unpaired) electrons. The van der Waals surface area contributed by atoms with Gasteiger partial charge in [-0.25, -0.2) is 8.78 Å². The van der Waals surface area contributed by atoms with Gasteiger partial charge in [-0.3, -0.25) is 9.59 Å². The molecular weight excluding hydrogens is 302 g/mol. The first kappa shape index (κ1) is 16.6. The minimum atomic E-state index is -1.07. The number of rotatable bonds is 4. The Morgan fingerprint density at radius 2 is 1.78 bits per heavy atom. The molecule has 2 amide bonds. The Bertz CT molecular complexity index is 747. The third-order valence-electron chi connectivity index (χ3n) is 3.24. The van der Waals surface area contributed by atoms with Crippen molar-refractivity contribution >= 4 is 17.5 Å². The summed E-state index contributed by atoms with van der Waals surface area (Å²) in [7, 11) is 0. The van der Waals surface area contributed by atoms with Crippen LogP contribution in [0, 0.1) is 11.6 Å². The lowest BCUT2D eigenvalue weighted by Crippen LogP contribution is -2.26. The molecule has 0 bridgehead atoms. The lowest BCUT2D eigenvalue weighted by Gasteiger charge is -2.15. The fourth-order valence-corrected chi connectivity index (χ4v) is 2.09. The molecule has 1 atom stereocenters. The van der Waals surface area contributed by atoms with Gasteiger partial charge >= 0.3 is 0 Å².